The number of halogens is 6. The fourth-order valence-corrected chi connectivity index (χ4v) is 8.93. The summed E-state index contributed by atoms with van der Waals surface area (Å²) in [5.74, 6) is 1.97. The molecule has 2 N–H and O–H groups in total. The molecular formula is C47H40F6N16O2. The van der Waals surface area contributed by atoms with Gasteiger partial charge in [0.05, 0.1) is 12.1 Å². The Labute approximate surface area is 398 Å². The van der Waals surface area contributed by atoms with E-state index in [1.54, 1.807) is 20.0 Å². The van der Waals surface area contributed by atoms with Crippen LogP contribution < -0.4 is 11.1 Å². The lowest BCUT2D eigenvalue weighted by atomic mass is 9.72. The Balaban J connectivity index is 0.000000176. The quantitative estimate of drug-likeness (QED) is 0.138. The van der Waals surface area contributed by atoms with Gasteiger partial charge in [-0.15, -0.1) is 0 Å². The molecule has 0 spiro atoms. The van der Waals surface area contributed by atoms with Gasteiger partial charge in [0.2, 0.25) is 0 Å². The minimum absolute atomic E-state index is 0.0150. The Morgan fingerprint density at radius 1 is 0.592 bits per heavy atom. The number of hydrogen-bond donors (Lipinski definition) is 2. The maximum atomic E-state index is 13.0. The zero-order valence-electron chi connectivity index (χ0n) is 38.3. The maximum absolute atomic E-state index is 13.0. The zero-order valence-corrected chi connectivity index (χ0v) is 38.3. The highest BCUT2D eigenvalue weighted by atomic mass is 19.4. The summed E-state index contributed by atoms with van der Waals surface area (Å²) in [5, 5.41) is 27.7. The van der Waals surface area contributed by atoms with Gasteiger partial charge in [0, 0.05) is 59.3 Å². The molecule has 0 radical (unpaired) electrons. The Hall–Kier alpha value is -8.28. The van der Waals surface area contributed by atoms with Crippen molar-refractivity contribution in [1.82, 2.24) is 69.4 Å². The Morgan fingerprint density at radius 2 is 1.01 bits per heavy atom. The van der Waals surface area contributed by atoms with Crippen molar-refractivity contribution in [1.29, 1.82) is 10.5 Å². The third kappa shape index (κ3) is 9.08. The van der Waals surface area contributed by atoms with E-state index in [9.17, 15) is 46.5 Å². The topological polar surface area (TPSA) is 252 Å². The first-order valence-electron chi connectivity index (χ1n) is 22.3. The van der Waals surface area contributed by atoms with Crippen LogP contribution in [0, 0.1) is 43.4 Å². The van der Waals surface area contributed by atoms with E-state index in [0.29, 0.717) is 34.4 Å². The second-order valence-corrected chi connectivity index (χ2v) is 17.6. The fourth-order valence-electron chi connectivity index (χ4n) is 8.93. The maximum Gasteiger partial charge on any atom is 0.433 e. The Kier molecular flexibility index (Phi) is 12.3. The van der Waals surface area contributed by atoms with Crippen molar-refractivity contribution in [2.24, 2.45) is 0 Å². The molecular weight excluding hydrogens is 935 g/mol. The molecule has 8 aromatic rings. The minimum Gasteiger partial charge on any atom is -0.310 e. The van der Waals surface area contributed by atoms with Gasteiger partial charge in [-0.3, -0.25) is 19.6 Å². The van der Waals surface area contributed by atoms with E-state index >= 15 is 0 Å². The molecule has 0 aromatic carbocycles. The van der Waals surface area contributed by atoms with Gasteiger partial charge in [-0.2, -0.15) is 47.1 Å². The zero-order chi connectivity index (χ0) is 50.7. The van der Waals surface area contributed by atoms with Gasteiger partial charge in [-0.25, -0.2) is 39.3 Å². The van der Waals surface area contributed by atoms with Crippen molar-refractivity contribution in [3.05, 3.63) is 150 Å². The van der Waals surface area contributed by atoms with E-state index < -0.39 is 46.9 Å². The molecule has 362 valence electrons. The number of aromatic amines is 2. The number of aryl methyl sites for hydroxylation is 3. The molecule has 0 aliphatic heterocycles. The molecule has 24 heteroatoms. The normalized spacial score (nSPS) is 18.7. The van der Waals surface area contributed by atoms with Gasteiger partial charge in [-0.05, 0) is 95.7 Å². The molecule has 71 heavy (non-hydrogen) atoms. The van der Waals surface area contributed by atoms with Crippen molar-refractivity contribution in [2.45, 2.75) is 108 Å². The molecule has 2 saturated carbocycles. The van der Waals surface area contributed by atoms with Crippen LogP contribution in [-0.4, -0.2) is 69.4 Å². The number of alkyl halides is 6. The van der Waals surface area contributed by atoms with Crippen LogP contribution in [0.1, 0.15) is 150 Å². The number of nitrogens with zero attached hydrogens (tertiary/aromatic N) is 14. The molecule has 0 saturated heterocycles. The molecule has 0 amide bonds. The van der Waals surface area contributed by atoms with E-state index in [0.717, 1.165) is 67.3 Å². The third-order valence-electron chi connectivity index (χ3n) is 13.0. The fraction of sp³-hybridized carbons (Fsp3) is 0.362. The van der Waals surface area contributed by atoms with Gasteiger partial charge >= 0.3 is 12.4 Å². The largest absolute Gasteiger partial charge is 0.433 e. The van der Waals surface area contributed by atoms with E-state index in [4.69, 9.17) is 0 Å². The lowest BCUT2D eigenvalue weighted by molar-refractivity contribution is -0.142. The monoisotopic (exact) mass is 974 g/mol. The lowest BCUT2D eigenvalue weighted by Gasteiger charge is -2.34. The Morgan fingerprint density at radius 3 is 1.38 bits per heavy atom. The number of hydrogen-bond acceptors (Lipinski definition) is 14. The van der Waals surface area contributed by atoms with Crippen LogP contribution in [0.25, 0.3) is 22.1 Å². The first-order valence-corrected chi connectivity index (χ1v) is 22.3. The number of fused-ring (bicyclic) bond motifs is 2. The summed E-state index contributed by atoms with van der Waals surface area (Å²) in [6.45, 7) is 9.06. The van der Waals surface area contributed by atoms with E-state index in [1.165, 1.54) is 21.5 Å². The summed E-state index contributed by atoms with van der Waals surface area (Å²) in [5.41, 5.74) is 0.525. The number of nitriles is 2. The van der Waals surface area contributed by atoms with Crippen molar-refractivity contribution >= 4 is 22.1 Å². The molecule has 0 bridgehead atoms. The van der Waals surface area contributed by atoms with E-state index in [1.807, 2.05) is 45.0 Å². The van der Waals surface area contributed by atoms with Gasteiger partial charge in [0.25, 0.3) is 11.1 Å². The highest BCUT2D eigenvalue weighted by Crippen LogP contribution is 2.48. The van der Waals surface area contributed by atoms with Crippen molar-refractivity contribution in [2.75, 3.05) is 0 Å². The van der Waals surface area contributed by atoms with Gasteiger partial charge < -0.3 is 9.97 Å². The first-order chi connectivity index (χ1) is 33.7. The molecule has 0 unspecified atom stereocenters. The number of pyridine rings is 2. The van der Waals surface area contributed by atoms with Crippen LogP contribution in [0.15, 0.2) is 64.6 Å². The molecule has 2 aliphatic rings. The highest BCUT2D eigenvalue weighted by molar-refractivity contribution is 5.81. The summed E-state index contributed by atoms with van der Waals surface area (Å²) < 4.78 is 80.3. The van der Waals surface area contributed by atoms with Crippen LogP contribution in [0.2, 0.25) is 0 Å². The Bertz CT molecular complexity index is 3530. The van der Waals surface area contributed by atoms with Gasteiger partial charge in [0.1, 0.15) is 57.6 Å². The lowest BCUT2D eigenvalue weighted by Crippen LogP contribution is -2.28. The summed E-state index contributed by atoms with van der Waals surface area (Å²) in [6, 6.07) is 10.6. The van der Waals surface area contributed by atoms with Crippen molar-refractivity contribution < 1.29 is 26.3 Å². The third-order valence-corrected chi connectivity index (χ3v) is 13.0. The van der Waals surface area contributed by atoms with Crippen LogP contribution >= 0.6 is 0 Å². The molecule has 10 rings (SSSR count). The van der Waals surface area contributed by atoms with Crippen LogP contribution in [0.4, 0.5) is 26.3 Å². The molecule has 8 aromatic heterocycles. The second-order valence-electron chi connectivity index (χ2n) is 17.6. The summed E-state index contributed by atoms with van der Waals surface area (Å²) in [7, 11) is 0. The van der Waals surface area contributed by atoms with Crippen LogP contribution in [0.3, 0.4) is 0 Å². The van der Waals surface area contributed by atoms with Crippen molar-refractivity contribution in [3.63, 3.8) is 0 Å². The smallest absolute Gasteiger partial charge is 0.310 e. The van der Waals surface area contributed by atoms with Crippen LogP contribution in [-0.2, 0) is 12.4 Å². The van der Waals surface area contributed by atoms with E-state index in [-0.39, 0.29) is 57.1 Å². The summed E-state index contributed by atoms with van der Waals surface area (Å²) in [6.07, 6.45) is -1.98. The van der Waals surface area contributed by atoms with Crippen molar-refractivity contribution in [3.8, 4) is 12.1 Å². The molecule has 8 heterocycles. The predicted molar refractivity (Wildman–Crippen MR) is 240 cm³/mol. The highest BCUT2D eigenvalue weighted by Gasteiger charge is 2.40. The minimum atomic E-state index is -4.56. The number of rotatable bonds is 8. The standard InChI is InChI=1S/C24H21F3N8O.C23H19F3N8O/c1-11-8-12(2)31-20(30-11)15-5-6-16(15)21-32-22-19(23(36)33-21)17(9-28)34-35(22)13(3)14-4-7-18(29-10-14)24(25,26)27;1-11-7-8-28-19(30-11)14-4-5-15(14)20-31-21-18(22(35)32-20)16(9-27)33-34(21)12(2)13-3-6-17(29-10-13)23(24,25)26/h4,7-8,10,13,15-16H,5-6H2,1-3H3,(H,32,33,36);3,6-8,10,12,14-15H,4-5H2,1-2H3,(H,31,32,35)/t13-,15-,16-;12-,14-,15-/m00/s1. The van der Waals surface area contributed by atoms with Gasteiger partial charge in [-0.1, -0.05) is 12.1 Å². The van der Waals surface area contributed by atoms with E-state index in [2.05, 4.69) is 60.0 Å². The molecule has 18 nitrogen and oxygen atoms in total. The number of H-pyrrole nitrogens is 2. The number of aromatic nitrogens is 14. The predicted octanol–water partition coefficient (Wildman–Crippen LogP) is 7.86. The first kappa shape index (κ1) is 47.8. The molecule has 2 aliphatic carbocycles. The average Bonchev–Trinajstić information content (AvgIpc) is 3.86. The van der Waals surface area contributed by atoms with Crippen LogP contribution in [0.5, 0.6) is 0 Å². The average molecular weight is 975 g/mol. The van der Waals surface area contributed by atoms with Gasteiger partial charge in [0.15, 0.2) is 22.7 Å². The summed E-state index contributed by atoms with van der Waals surface area (Å²) >= 11 is 0. The molecule has 6 atom stereocenters. The number of nitrogens with one attached hydrogen (secondary N) is 2. The molecule has 2 fully saturated rings. The second kappa shape index (κ2) is 18.2. The summed E-state index contributed by atoms with van der Waals surface area (Å²) in [4.78, 5) is 66.0. The SMILES string of the molecule is Cc1cc(C)nc([C@H]2CC[C@@H]2c2nc3c(c(C#N)nn3[C@@H](C)c3ccc(C(F)(F)F)nc3)c(=O)[nH]2)n1.Cc1ccnc([C@H]2CC[C@@H]2c2nc3c(c(C#N)nn3[C@@H](C)c3ccc(C(F)(F)F)nc3)c(=O)[nH]2)n1.